The molecule has 1 aliphatic rings. The molecule has 0 bridgehead atoms. The first-order valence-electron chi connectivity index (χ1n) is 13.7. The second-order valence-corrected chi connectivity index (χ2v) is 10.6. The Labute approximate surface area is 228 Å². The van der Waals surface area contributed by atoms with Crippen LogP contribution in [0, 0.1) is 27.7 Å². The molecule has 5 rings (SSSR count). The predicted octanol–water partition coefficient (Wildman–Crippen LogP) is 9.69. The van der Waals surface area contributed by atoms with Gasteiger partial charge in [-0.3, -0.25) is 0 Å². The Kier molecular flexibility index (Phi) is 7.79. The summed E-state index contributed by atoms with van der Waals surface area (Å²) in [5.41, 5.74) is 12.8. The number of hydrogen-bond donors (Lipinski definition) is 1. The molecule has 1 unspecified atom stereocenters. The van der Waals surface area contributed by atoms with Gasteiger partial charge in [-0.25, -0.2) is 0 Å². The zero-order valence-corrected chi connectivity index (χ0v) is 23.0. The monoisotopic (exact) mass is 498 g/mol. The van der Waals surface area contributed by atoms with Gasteiger partial charge in [0, 0.05) is 28.8 Å². The largest absolute Gasteiger partial charge is 0.378 e. The van der Waals surface area contributed by atoms with Crippen LogP contribution < -0.4 is 10.2 Å². The van der Waals surface area contributed by atoms with Crippen molar-refractivity contribution in [2.24, 2.45) is 0 Å². The van der Waals surface area contributed by atoms with E-state index in [0.717, 1.165) is 19.3 Å². The second-order valence-electron chi connectivity index (χ2n) is 10.6. The van der Waals surface area contributed by atoms with Crippen LogP contribution in [0.4, 0.5) is 22.7 Å². The SMILES string of the molecule is Cc1ccc(NC2C=CC(CCc3ccc(N(c4ccccc4)c4ccc(C)cc4C)cc3)=CC2)c(C)c1. The maximum atomic E-state index is 3.69. The van der Waals surface area contributed by atoms with E-state index in [1.165, 1.54) is 56.1 Å². The lowest BCUT2D eigenvalue weighted by Gasteiger charge is -2.27. The van der Waals surface area contributed by atoms with Gasteiger partial charge in [0.25, 0.3) is 0 Å². The third-order valence-electron chi connectivity index (χ3n) is 7.40. The molecule has 38 heavy (non-hydrogen) atoms. The van der Waals surface area contributed by atoms with Gasteiger partial charge in [0.2, 0.25) is 0 Å². The van der Waals surface area contributed by atoms with Crippen molar-refractivity contribution in [2.45, 2.75) is 53.0 Å². The van der Waals surface area contributed by atoms with Gasteiger partial charge >= 0.3 is 0 Å². The molecule has 0 fully saturated rings. The highest BCUT2D eigenvalue weighted by atomic mass is 15.1. The van der Waals surface area contributed by atoms with Crippen molar-refractivity contribution in [3.8, 4) is 0 Å². The standard InChI is InChI=1S/C36H38N2/c1-26-10-22-35(28(3)24-26)37-32-18-14-30(15-19-32)12-13-31-16-20-34(21-17-31)38(33-8-6-5-7-9-33)36-23-11-27(2)25-29(36)4/h5-11,14-18,20-25,32,37H,12-13,19H2,1-4H3. The summed E-state index contributed by atoms with van der Waals surface area (Å²) in [7, 11) is 0. The summed E-state index contributed by atoms with van der Waals surface area (Å²) < 4.78 is 0. The molecule has 0 heterocycles. The number of para-hydroxylation sites is 1. The number of nitrogens with one attached hydrogen (secondary N) is 1. The lowest BCUT2D eigenvalue weighted by atomic mass is 9.97. The number of rotatable bonds is 8. The Morgan fingerprint density at radius 1 is 0.711 bits per heavy atom. The second kappa shape index (κ2) is 11.6. The van der Waals surface area contributed by atoms with Crippen LogP contribution in [0.2, 0.25) is 0 Å². The highest BCUT2D eigenvalue weighted by Crippen LogP contribution is 2.36. The minimum Gasteiger partial charge on any atom is -0.378 e. The summed E-state index contributed by atoms with van der Waals surface area (Å²) in [5.74, 6) is 0. The van der Waals surface area contributed by atoms with E-state index in [2.05, 4.69) is 147 Å². The van der Waals surface area contributed by atoms with Gasteiger partial charge in [-0.15, -0.1) is 0 Å². The van der Waals surface area contributed by atoms with Gasteiger partial charge in [-0.05, 0) is 100 Å². The summed E-state index contributed by atoms with van der Waals surface area (Å²) in [4.78, 5) is 2.36. The number of nitrogens with zero attached hydrogens (tertiary/aromatic N) is 1. The van der Waals surface area contributed by atoms with Crippen LogP contribution >= 0.6 is 0 Å². The molecule has 1 aliphatic carbocycles. The van der Waals surface area contributed by atoms with Crippen molar-refractivity contribution >= 4 is 22.7 Å². The number of benzene rings is 4. The van der Waals surface area contributed by atoms with E-state index in [-0.39, 0.29) is 0 Å². The number of allylic oxidation sites excluding steroid dienone is 2. The molecule has 0 spiro atoms. The fraction of sp³-hybridized carbons (Fsp3) is 0.222. The van der Waals surface area contributed by atoms with E-state index in [0.29, 0.717) is 6.04 Å². The van der Waals surface area contributed by atoms with E-state index >= 15 is 0 Å². The van der Waals surface area contributed by atoms with Gasteiger partial charge in [0.1, 0.15) is 0 Å². The topological polar surface area (TPSA) is 15.3 Å². The van der Waals surface area contributed by atoms with Crippen LogP contribution in [0.5, 0.6) is 0 Å². The van der Waals surface area contributed by atoms with Gasteiger partial charge in [0.15, 0.2) is 0 Å². The first kappa shape index (κ1) is 25.6. The van der Waals surface area contributed by atoms with Crippen LogP contribution in [-0.4, -0.2) is 6.04 Å². The van der Waals surface area contributed by atoms with E-state index in [9.17, 15) is 0 Å². The van der Waals surface area contributed by atoms with Gasteiger partial charge in [-0.2, -0.15) is 0 Å². The summed E-state index contributed by atoms with van der Waals surface area (Å²) in [6, 6.07) is 33.4. The van der Waals surface area contributed by atoms with Crippen molar-refractivity contribution in [1.29, 1.82) is 0 Å². The predicted molar refractivity (Wildman–Crippen MR) is 164 cm³/mol. The molecular formula is C36H38N2. The number of anilines is 4. The molecule has 2 heteroatoms. The molecule has 2 nitrogen and oxygen atoms in total. The highest BCUT2D eigenvalue weighted by molar-refractivity contribution is 5.78. The Hall–Kier alpha value is -4.04. The molecule has 0 saturated carbocycles. The van der Waals surface area contributed by atoms with Gasteiger partial charge in [0.05, 0.1) is 0 Å². The Bertz CT molecular complexity index is 1440. The molecule has 1 atom stereocenters. The summed E-state index contributed by atoms with van der Waals surface area (Å²) in [6.07, 6.45) is 10.1. The van der Waals surface area contributed by atoms with E-state index in [1.807, 2.05) is 0 Å². The van der Waals surface area contributed by atoms with Crippen molar-refractivity contribution in [3.05, 3.63) is 143 Å². The van der Waals surface area contributed by atoms with Crippen molar-refractivity contribution < 1.29 is 0 Å². The minimum absolute atomic E-state index is 0.355. The molecule has 0 saturated heterocycles. The molecule has 4 aromatic carbocycles. The van der Waals surface area contributed by atoms with Crippen LogP contribution in [0.3, 0.4) is 0 Å². The van der Waals surface area contributed by atoms with Crippen molar-refractivity contribution in [3.63, 3.8) is 0 Å². The molecular weight excluding hydrogens is 460 g/mol. The molecule has 0 aliphatic heterocycles. The third kappa shape index (κ3) is 6.08. The third-order valence-corrected chi connectivity index (χ3v) is 7.40. The van der Waals surface area contributed by atoms with E-state index in [1.54, 1.807) is 0 Å². The number of hydrogen-bond acceptors (Lipinski definition) is 2. The lowest BCUT2D eigenvalue weighted by molar-refractivity contribution is 0.848. The maximum absolute atomic E-state index is 3.69. The van der Waals surface area contributed by atoms with E-state index < -0.39 is 0 Å². The first-order chi connectivity index (χ1) is 18.5. The molecule has 0 aromatic heterocycles. The Balaban J connectivity index is 1.24. The van der Waals surface area contributed by atoms with Crippen LogP contribution in [0.1, 0.15) is 40.7 Å². The maximum Gasteiger partial charge on any atom is 0.0490 e. The van der Waals surface area contributed by atoms with Gasteiger partial charge < -0.3 is 10.2 Å². The molecule has 1 N–H and O–H groups in total. The minimum atomic E-state index is 0.355. The molecule has 192 valence electrons. The van der Waals surface area contributed by atoms with Crippen molar-refractivity contribution in [1.82, 2.24) is 0 Å². The quantitative estimate of drug-likeness (QED) is 0.260. The lowest BCUT2D eigenvalue weighted by Crippen LogP contribution is -2.18. The fourth-order valence-electron chi connectivity index (χ4n) is 5.29. The van der Waals surface area contributed by atoms with Gasteiger partial charge in [-0.1, -0.05) is 89.5 Å². The molecule has 4 aromatic rings. The smallest absolute Gasteiger partial charge is 0.0490 e. The summed E-state index contributed by atoms with van der Waals surface area (Å²) in [6.45, 7) is 8.66. The summed E-state index contributed by atoms with van der Waals surface area (Å²) >= 11 is 0. The average Bonchev–Trinajstić information content (AvgIpc) is 2.92. The zero-order valence-electron chi connectivity index (χ0n) is 23.0. The molecule has 0 amide bonds. The number of aryl methyl sites for hydroxylation is 5. The molecule has 0 radical (unpaired) electrons. The normalized spacial score (nSPS) is 14.7. The van der Waals surface area contributed by atoms with Crippen LogP contribution in [0.15, 0.2) is 115 Å². The fourth-order valence-corrected chi connectivity index (χ4v) is 5.29. The highest BCUT2D eigenvalue weighted by Gasteiger charge is 2.15. The average molecular weight is 499 g/mol. The zero-order chi connectivity index (χ0) is 26.5. The van der Waals surface area contributed by atoms with E-state index in [4.69, 9.17) is 0 Å². The van der Waals surface area contributed by atoms with Crippen LogP contribution in [-0.2, 0) is 6.42 Å². The Morgan fingerprint density at radius 3 is 2.05 bits per heavy atom. The van der Waals surface area contributed by atoms with Crippen molar-refractivity contribution in [2.75, 3.05) is 10.2 Å². The Morgan fingerprint density at radius 2 is 1.39 bits per heavy atom. The summed E-state index contributed by atoms with van der Waals surface area (Å²) in [5, 5.41) is 3.69. The first-order valence-corrected chi connectivity index (χ1v) is 13.7. The van der Waals surface area contributed by atoms with Crippen LogP contribution in [0.25, 0.3) is 0 Å².